The lowest BCUT2D eigenvalue weighted by Crippen LogP contribution is -2.65. The number of aliphatic hydroxyl groups is 8. The van der Waals surface area contributed by atoms with E-state index in [1.807, 2.05) is 6.08 Å². The molecule has 14 nitrogen and oxygen atoms in total. The second-order valence-corrected chi connectivity index (χ2v) is 22.1. The van der Waals surface area contributed by atoms with Crippen LogP contribution in [-0.4, -0.2) is 140 Å². The third-order valence-electron chi connectivity index (χ3n) is 15.1. The van der Waals surface area contributed by atoms with Crippen LogP contribution in [0.1, 0.15) is 239 Å². The Morgan fingerprint density at radius 3 is 1.39 bits per heavy atom. The lowest BCUT2D eigenvalue weighted by atomic mass is 9.97. The van der Waals surface area contributed by atoms with Crippen molar-refractivity contribution in [2.45, 2.75) is 312 Å². The summed E-state index contributed by atoms with van der Waals surface area (Å²) >= 11 is 0. The van der Waals surface area contributed by atoms with Gasteiger partial charge in [-0.25, -0.2) is 0 Å². The lowest BCUT2D eigenvalue weighted by Gasteiger charge is -2.46. The number of amides is 1. The molecular weight excluding hydrogens is 1000 g/mol. The fourth-order valence-corrected chi connectivity index (χ4v) is 10.0. The third kappa shape index (κ3) is 35.2. The van der Waals surface area contributed by atoms with Gasteiger partial charge in [0.05, 0.1) is 32.0 Å². The van der Waals surface area contributed by atoms with Gasteiger partial charge in [-0.05, 0) is 77.0 Å². The average molecular weight is 1120 g/mol. The summed E-state index contributed by atoms with van der Waals surface area (Å²) in [5.41, 5.74) is 0. The smallest absolute Gasteiger partial charge is 0.220 e. The monoisotopic (exact) mass is 1120 g/mol. The van der Waals surface area contributed by atoms with Gasteiger partial charge in [-0.3, -0.25) is 4.79 Å². The summed E-state index contributed by atoms with van der Waals surface area (Å²) < 4.78 is 22.7. The largest absolute Gasteiger partial charge is 0.394 e. The van der Waals surface area contributed by atoms with Crippen LogP contribution in [0.15, 0.2) is 72.9 Å². The first-order chi connectivity index (χ1) is 38.6. The minimum Gasteiger partial charge on any atom is -0.394 e. The number of ether oxygens (including phenoxy) is 4. The molecule has 2 rings (SSSR count). The summed E-state index contributed by atoms with van der Waals surface area (Å²) in [7, 11) is 0. The Morgan fingerprint density at radius 2 is 0.886 bits per heavy atom. The number of carbonyl (C=O) groups is 1. The van der Waals surface area contributed by atoms with Crippen LogP contribution in [0.25, 0.3) is 0 Å². The van der Waals surface area contributed by atoms with Crippen molar-refractivity contribution in [2.24, 2.45) is 0 Å². The second kappa shape index (κ2) is 50.0. The van der Waals surface area contributed by atoms with E-state index in [1.165, 1.54) is 128 Å². The van der Waals surface area contributed by atoms with Crippen molar-refractivity contribution in [1.82, 2.24) is 5.32 Å². The topological polar surface area (TPSA) is 228 Å². The van der Waals surface area contributed by atoms with E-state index in [0.717, 1.165) is 77.0 Å². The summed E-state index contributed by atoms with van der Waals surface area (Å²) in [5.74, 6) is -0.272. The van der Waals surface area contributed by atoms with Crippen molar-refractivity contribution < 1.29 is 64.6 Å². The Balaban J connectivity index is 1.73. The molecule has 2 aliphatic rings. The van der Waals surface area contributed by atoms with Crippen molar-refractivity contribution in [3.63, 3.8) is 0 Å². The molecule has 9 N–H and O–H groups in total. The summed E-state index contributed by atoms with van der Waals surface area (Å²) in [4.78, 5) is 13.2. The highest BCUT2D eigenvalue weighted by Gasteiger charge is 2.51. The third-order valence-corrected chi connectivity index (χ3v) is 15.1. The highest BCUT2D eigenvalue weighted by Crippen LogP contribution is 2.30. The summed E-state index contributed by atoms with van der Waals surface area (Å²) in [6.45, 7) is 2.65. The maximum atomic E-state index is 13.2. The van der Waals surface area contributed by atoms with E-state index in [0.29, 0.717) is 12.8 Å². The molecule has 2 heterocycles. The van der Waals surface area contributed by atoms with Crippen LogP contribution in [0, 0.1) is 0 Å². The molecule has 458 valence electrons. The fraction of sp³-hybridized carbons (Fsp3) is 0.800. The zero-order chi connectivity index (χ0) is 57.4. The molecular formula is C65H115NO13. The number of allylic oxidation sites excluding steroid dienone is 11. The van der Waals surface area contributed by atoms with Gasteiger partial charge in [0.2, 0.25) is 5.91 Å². The van der Waals surface area contributed by atoms with Gasteiger partial charge in [-0.1, -0.05) is 228 Å². The Morgan fingerprint density at radius 1 is 0.468 bits per heavy atom. The molecule has 0 radical (unpaired) electrons. The van der Waals surface area contributed by atoms with Gasteiger partial charge in [-0.15, -0.1) is 0 Å². The van der Waals surface area contributed by atoms with E-state index in [4.69, 9.17) is 18.9 Å². The van der Waals surface area contributed by atoms with Crippen LogP contribution < -0.4 is 5.32 Å². The van der Waals surface area contributed by atoms with Crippen molar-refractivity contribution >= 4 is 5.91 Å². The average Bonchev–Trinajstić information content (AvgIpc) is 3.47. The molecule has 0 saturated carbocycles. The van der Waals surface area contributed by atoms with Gasteiger partial charge < -0.3 is 65.1 Å². The van der Waals surface area contributed by atoms with Gasteiger partial charge in [0.15, 0.2) is 12.6 Å². The normalized spacial score (nSPS) is 24.9. The molecule has 0 spiro atoms. The standard InChI is InChI=1S/C65H115NO13/c1-3-5-7-9-11-13-15-17-19-20-21-22-23-24-25-26-27-28-29-30-31-32-33-35-36-38-40-42-44-46-48-54(69)53(66-57(70)49-47-45-43-41-39-37-34-18-16-14-12-10-8-6-4-2)52-76-64-62(75)60(73)63(56(51-68)78-64)79-65-61(74)59(72)58(71)55(50-67)77-65/h6,8,12,14,18,32-34,38,40,46,48,53-56,58-65,67-69,71-75H,3-5,7,9-11,13,15-17,19-31,35-37,39,41-45,47,49-52H2,1-2H3,(H,66,70)/b8-6-,14-12-,33-32+,34-18-,40-38+,48-46+. The number of unbranched alkanes of at least 4 members (excludes halogenated alkanes) is 27. The first-order valence-corrected chi connectivity index (χ1v) is 31.7. The minimum absolute atomic E-state index is 0.247. The van der Waals surface area contributed by atoms with E-state index in [2.05, 4.69) is 79.9 Å². The first-order valence-electron chi connectivity index (χ1n) is 31.7. The van der Waals surface area contributed by atoms with Crippen LogP contribution in [0.2, 0.25) is 0 Å². The molecule has 2 fully saturated rings. The first kappa shape index (κ1) is 72.5. The van der Waals surface area contributed by atoms with E-state index in [-0.39, 0.29) is 18.9 Å². The summed E-state index contributed by atoms with van der Waals surface area (Å²) in [6.07, 6.45) is 49.7. The molecule has 1 amide bonds. The Labute approximate surface area is 478 Å². The number of aliphatic hydroxyl groups excluding tert-OH is 8. The van der Waals surface area contributed by atoms with E-state index < -0.39 is 86.8 Å². The maximum absolute atomic E-state index is 13.2. The van der Waals surface area contributed by atoms with E-state index in [1.54, 1.807) is 6.08 Å². The molecule has 12 unspecified atom stereocenters. The van der Waals surface area contributed by atoms with Crippen LogP contribution in [-0.2, 0) is 23.7 Å². The van der Waals surface area contributed by atoms with Crippen molar-refractivity contribution in [2.75, 3.05) is 19.8 Å². The zero-order valence-electron chi connectivity index (χ0n) is 49.3. The molecule has 0 aromatic carbocycles. The van der Waals surface area contributed by atoms with Crippen LogP contribution in [0.3, 0.4) is 0 Å². The maximum Gasteiger partial charge on any atom is 0.220 e. The number of carbonyl (C=O) groups excluding carboxylic acids is 1. The molecule has 0 aromatic rings. The molecule has 79 heavy (non-hydrogen) atoms. The van der Waals surface area contributed by atoms with Crippen LogP contribution in [0.5, 0.6) is 0 Å². The molecule has 2 aliphatic heterocycles. The Hall–Kier alpha value is -2.57. The van der Waals surface area contributed by atoms with Gasteiger partial charge in [0, 0.05) is 6.42 Å². The number of nitrogens with one attached hydrogen (secondary N) is 1. The second-order valence-electron chi connectivity index (χ2n) is 22.1. The minimum atomic E-state index is -1.80. The van der Waals surface area contributed by atoms with Gasteiger partial charge in [0.25, 0.3) is 0 Å². The van der Waals surface area contributed by atoms with Gasteiger partial charge in [0.1, 0.15) is 48.8 Å². The summed E-state index contributed by atoms with van der Waals surface area (Å²) in [6, 6.07) is -0.951. The highest BCUT2D eigenvalue weighted by atomic mass is 16.7. The van der Waals surface area contributed by atoms with Gasteiger partial charge in [-0.2, -0.15) is 0 Å². The molecule has 0 aromatic heterocycles. The fourth-order valence-electron chi connectivity index (χ4n) is 10.0. The molecule has 0 bridgehead atoms. The van der Waals surface area contributed by atoms with E-state index in [9.17, 15) is 45.6 Å². The van der Waals surface area contributed by atoms with Gasteiger partial charge >= 0.3 is 0 Å². The molecule has 2 saturated heterocycles. The van der Waals surface area contributed by atoms with Crippen molar-refractivity contribution in [1.29, 1.82) is 0 Å². The van der Waals surface area contributed by atoms with Crippen molar-refractivity contribution in [3.05, 3.63) is 72.9 Å². The SMILES string of the molecule is CC/C=C\C/C=C\C/C=C\CCCCCCCC(=O)NC(COC1OC(CO)C(OC2OC(CO)C(O)C(O)C2O)C(O)C1O)C(O)/C=C/CC/C=C/CC/C=C/CCCCCCCCCCCCCCCCCCCCCC. The molecule has 14 heteroatoms. The Kier molecular flexibility index (Phi) is 45.9. The molecule has 0 aliphatic carbocycles. The Bertz CT molecular complexity index is 1600. The zero-order valence-corrected chi connectivity index (χ0v) is 49.3. The predicted molar refractivity (Wildman–Crippen MR) is 318 cm³/mol. The quantitative estimate of drug-likeness (QED) is 0.0204. The number of hydrogen-bond acceptors (Lipinski definition) is 13. The van der Waals surface area contributed by atoms with E-state index >= 15 is 0 Å². The van der Waals surface area contributed by atoms with Crippen LogP contribution >= 0.6 is 0 Å². The number of hydrogen-bond donors (Lipinski definition) is 9. The lowest BCUT2D eigenvalue weighted by molar-refractivity contribution is -0.359. The highest BCUT2D eigenvalue weighted by molar-refractivity contribution is 5.76. The van der Waals surface area contributed by atoms with Crippen LogP contribution in [0.4, 0.5) is 0 Å². The summed E-state index contributed by atoms with van der Waals surface area (Å²) in [5, 5.41) is 87.1. The number of rotatable bonds is 50. The molecule has 12 atom stereocenters. The predicted octanol–water partition coefficient (Wildman–Crippen LogP) is 11.5. The van der Waals surface area contributed by atoms with Crippen molar-refractivity contribution in [3.8, 4) is 0 Å².